The van der Waals surface area contributed by atoms with Crippen LogP contribution >= 0.6 is 39.9 Å². The third kappa shape index (κ3) is 5.90. The van der Waals surface area contributed by atoms with Gasteiger partial charge in [0.05, 0.1) is 11.0 Å². The monoisotopic (exact) mass is 538 g/mol. The summed E-state index contributed by atoms with van der Waals surface area (Å²) in [5.74, 6) is 2.60. The molecule has 1 fully saturated rings. The zero-order valence-corrected chi connectivity index (χ0v) is 18.6. The van der Waals surface area contributed by atoms with E-state index in [1.807, 2.05) is 19.1 Å². The van der Waals surface area contributed by atoms with Gasteiger partial charge in [0.15, 0.2) is 17.5 Å². The highest BCUT2D eigenvalue weighted by Gasteiger charge is 2.28. The number of aliphatic imine (C=N–C) groups is 1. The van der Waals surface area contributed by atoms with Gasteiger partial charge in [-0.1, -0.05) is 0 Å². The highest BCUT2D eigenvalue weighted by molar-refractivity contribution is 14.0. The van der Waals surface area contributed by atoms with Crippen LogP contribution in [0.2, 0.25) is 0 Å². The van der Waals surface area contributed by atoms with Crippen molar-refractivity contribution in [2.24, 2.45) is 10.9 Å². The minimum Gasteiger partial charge on any atom is -0.454 e. The van der Waals surface area contributed by atoms with Gasteiger partial charge in [-0.25, -0.2) is 4.99 Å². The molecule has 0 radical (unpaired) electrons. The summed E-state index contributed by atoms with van der Waals surface area (Å²) in [6.45, 7) is 4.77. The molecule has 26 heavy (non-hydrogen) atoms. The Morgan fingerprint density at radius 2 is 2.00 bits per heavy atom. The van der Waals surface area contributed by atoms with Crippen LogP contribution in [0.1, 0.15) is 25.3 Å². The molecule has 0 unspecified atom stereocenters. The standard InChI is InChI=1S/C17H23BrN4O3.HI/c1-2-19-17(21-6-5-20-16(23)12-3-4-12)22-9-11-7-13(18)15-14(8-11)24-10-25-15;/h7-8,12H,2-6,9-10H2,1H3,(H,20,23)(H2,19,21,22);1H. The van der Waals surface area contributed by atoms with Crippen LogP contribution in [-0.2, 0) is 11.3 Å². The number of rotatable bonds is 7. The lowest BCUT2D eigenvalue weighted by Gasteiger charge is -2.12. The van der Waals surface area contributed by atoms with E-state index < -0.39 is 0 Å². The topological polar surface area (TPSA) is 84.0 Å². The molecular weight excluding hydrogens is 515 g/mol. The van der Waals surface area contributed by atoms with Gasteiger partial charge in [0.1, 0.15) is 0 Å². The Morgan fingerprint density at radius 1 is 1.23 bits per heavy atom. The van der Waals surface area contributed by atoms with E-state index in [0.29, 0.717) is 19.6 Å². The van der Waals surface area contributed by atoms with Crippen molar-refractivity contribution in [3.05, 3.63) is 22.2 Å². The zero-order valence-electron chi connectivity index (χ0n) is 14.6. The first-order chi connectivity index (χ1) is 12.2. The highest BCUT2D eigenvalue weighted by atomic mass is 127. The predicted molar refractivity (Wildman–Crippen MR) is 114 cm³/mol. The smallest absolute Gasteiger partial charge is 0.231 e. The first kappa shape index (κ1) is 21.1. The lowest BCUT2D eigenvalue weighted by Crippen LogP contribution is -2.41. The second kappa shape index (κ2) is 10.2. The molecule has 3 N–H and O–H groups in total. The average molecular weight is 539 g/mol. The number of hydrogen-bond acceptors (Lipinski definition) is 4. The molecule has 144 valence electrons. The fourth-order valence-electron chi connectivity index (χ4n) is 2.48. The first-order valence-electron chi connectivity index (χ1n) is 8.55. The summed E-state index contributed by atoms with van der Waals surface area (Å²) in [4.78, 5) is 16.2. The van der Waals surface area contributed by atoms with E-state index in [9.17, 15) is 4.79 Å². The third-order valence-corrected chi connectivity index (χ3v) is 4.50. The Morgan fingerprint density at radius 3 is 2.73 bits per heavy atom. The molecular formula is C17H24BrIN4O3. The molecule has 1 aliphatic carbocycles. The minimum absolute atomic E-state index is 0. The fourth-order valence-corrected chi connectivity index (χ4v) is 3.08. The van der Waals surface area contributed by atoms with Gasteiger partial charge in [-0.3, -0.25) is 4.79 Å². The Labute approximate surface area is 178 Å². The van der Waals surface area contributed by atoms with E-state index in [-0.39, 0.29) is 42.6 Å². The van der Waals surface area contributed by atoms with Crippen LogP contribution in [0.3, 0.4) is 0 Å². The molecule has 0 bridgehead atoms. The SMILES string of the molecule is CCNC(=NCc1cc(Br)c2c(c1)OCO2)NCCNC(=O)C1CC1.I. The molecule has 0 spiro atoms. The number of nitrogens with one attached hydrogen (secondary N) is 3. The number of benzene rings is 1. The normalized spacial score (nSPS) is 15.2. The molecule has 1 aromatic carbocycles. The molecule has 1 heterocycles. The largest absolute Gasteiger partial charge is 0.454 e. The molecule has 9 heteroatoms. The lowest BCUT2D eigenvalue weighted by atomic mass is 10.2. The van der Waals surface area contributed by atoms with Gasteiger partial charge in [-0.2, -0.15) is 0 Å². The molecule has 3 rings (SSSR count). The van der Waals surface area contributed by atoms with Crippen LogP contribution in [-0.4, -0.2) is 38.3 Å². The number of halogens is 2. The number of fused-ring (bicyclic) bond motifs is 1. The summed E-state index contributed by atoms with van der Waals surface area (Å²) in [7, 11) is 0. The highest BCUT2D eigenvalue weighted by Crippen LogP contribution is 2.40. The van der Waals surface area contributed by atoms with Crippen LogP contribution in [0.15, 0.2) is 21.6 Å². The van der Waals surface area contributed by atoms with Crippen LogP contribution in [0.25, 0.3) is 0 Å². The van der Waals surface area contributed by atoms with Crippen molar-refractivity contribution in [1.82, 2.24) is 16.0 Å². The Kier molecular flexibility index (Phi) is 8.26. The van der Waals surface area contributed by atoms with Gasteiger partial charge in [0.25, 0.3) is 0 Å². The summed E-state index contributed by atoms with van der Waals surface area (Å²) < 4.78 is 11.7. The molecule has 0 atom stereocenters. The summed E-state index contributed by atoms with van der Waals surface area (Å²) in [6, 6.07) is 3.92. The van der Waals surface area contributed by atoms with Gasteiger partial charge in [-0.05, 0) is 53.4 Å². The van der Waals surface area contributed by atoms with Crippen LogP contribution in [0.5, 0.6) is 11.5 Å². The maximum atomic E-state index is 11.6. The Hall–Kier alpha value is -1.23. The van der Waals surface area contributed by atoms with E-state index in [1.165, 1.54) is 0 Å². The molecule has 7 nitrogen and oxygen atoms in total. The molecule has 0 aromatic heterocycles. The molecule has 1 aromatic rings. The average Bonchev–Trinajstić information content (AvgIpc) is 3.34. The van der Waals surface area contributed by atoms with Crippen molar-refractivity contribution < 1.29 is 14.3 Å². The van der Waals surface area contributed by atoms with E-state index in [2.05, 4.69) is 36.9 Å². The van der Waals surface area contributed by atoms with Crippen molar-refractivity contribution in [3.8, 4) is 11.5 Å². The molecule has 2 aliphatic rings. The number of nitrogens with zero attached hydrogens (tertiary/aromatic N) is 1. The van der Waals surface area contributed by atoms with E-state index in [1.54, 1.807) is 0 Å². The van der Waals surface area contributed by atoms with Gasteiger partial charge >= 0.3 is 0 Å². The van der Waals surface area contributed by atoms with Crippen molar-refractivity contribution in [2.75, 3.05) is 26.4 Å². The van der Waals surface area contributed by atoms with E-state index in [0.717, 1.165) is 46.9 Å². The molecule has 0 saturated heterocycles. The number of ether oxygens (including phenoxy) is 2. The van der Waals surface area contributed by atoms with Gasteiger partial charge < -0.3 is 25.4 Å². The van der Waals surface area contributed by atoms with Crippen molar-refractivity contribution in [1.29, 1.82) is 0 Å². The maximum Gasteiger partial charge on any atom is 0.231 e. The van der Waals surface area contributed by atoms with Gasteiger partial charge in [0.2, 0.25) is 12.7 Å². The molecule has 1 aliphatic heterocycles. The number of guanidine groups is 1. The van der Waals surface area contributed by atoms with Gasteiger partial charge in [-0.15, -0.1) is 24.0 Å². The van der Waals surface area contributed by atoms with Crippen LogP contribution in [0, 0.1) is 5.92 Å². The lowest BCUT2D eigenvalue weighted by molar-refractivity contribution is -0.122. The molecule has 1 saturated carbocycles. The van der Waals surface area contributed by atoms with Crippen LogP contribution < -0.4 is 25.4 Å². The fraction of sp³-hybridized carbons (Fsp3) is 0.529. The maximum absolute atomic E-state index is 11.6. The van der Waals surface area contributed by atoms with Crippen molar-refractivity contribution >= 4 is 51.8 Å². The first-order valence-corrected chi connectivity index (χ1v) is 9.34. The number of amides is 1. The van der Waals surface area contributed by atoms with Crippen LogP contribution in [0.4, 0.5) is 0 Å². The zero-order chi connectivity index (χ0) is 17.6. The summed E-state index contributed by atoms with van der Waals surface area (Å²) in [5, 5.41) is 9.36. The minimum atomic E-state index is 0. The summed E-state index contributed by atoms with van der Waals surface area (Å²) >= 11 is 3.49. The number of carbonyl (C=O) groups is 1. The number of hydrogen-bond donors (Lipinski definition) is 3. The predicted octanol–water partition coefficient (Wildman–Crippen LogP) is 2.38. The quantitative estimate of drug-likeness (QED) is 0.215. The summed E-state index contributed by atoms with van der Waals surface area (Å²) in [6.07, 6.45) is 2.04. The van der Waals surface area contributed by atoms with Gasteiger partial charge in [0, 0.05) is 25.6 Å². The number of carbonyl (C=O) groups excluding carboxylic acids is 1. The Bertz CT molecular complexity index is 668. The van der Waals surface area contributed by atoms with E-state index in [4.69, 9.17) is 9.47 Å². The van der Waals surface area contributed by atoms with Crippen molar-refractivity contribution in [3.63, 3.8) is 0 Å². The Balaban J connectivity index is 0.00000243. The summed E-state index contributed by atoms with van der Waals surface area (Å²) in [5.41, 5.74) is 1.02. The second-order valence-corrected chi connectivity index (χ2v) is 6.85. The van der Waals surface area contributed by atoms with Crippen molar-refractivity contribution in [2.45, 2.75) is 26.3 Å². The second-order valence-electron chi connectivity index (χ2n) is 6.00. The van der Waals surface area contributed by atoms with E-state index >= 15 is 0 Å². The third-order valence-electron chi connectivity index (χ3n) is 3.92. The molecule has 1 amide bonds.